The van der Waals surface area contributed by atoms with Crippen LogP contribution in [0.2, 0.25) is 0 Å². The normalized spacial score (nSPS) is 20.8. The van der Waals surface area contributed by atoms with Crippen LogP contribution < -0.4 is 0 Å². The summed E-state index contributed by atoms with van der Waals surface area (Å²) in [5.41, 5.74) is 5.98. The highest BCUT2D eigenvalue weighted by molar-refractivity contribution is 5.13. The molecule has 0 aromatic heterocycles. The summed E-state index contributed by atoms with van der Waals surface area (Å²) >= 11 is 0. The third-order valence-corrected chi connectivity index (χ3v) is 4.35. The van der Waals surface area contributed by atoms with Gasteiger partial charge in [-0.25, -0.2) is 0 Å². The van der Waals surface area contributed by atoms with Gasteiger partial charge in [0.15, 0.2) is 0 Å². The van der Waals surface area contributed by atoms with Gasteiger partial charge in [0, 0.05) is 0 Å². The van der Waals surface area contributed by atoms with E-state index in [0.717, 1.165) is 18.8 Å². The molecule has 1 rings (SSSR count). The van der Waals surface area contributed by atoms with Crippen LogP contribution in [-0.2, 0) is 0 Å². The van der Waals surface area contributed by atoms with Crippen molar-refractivity contribution >= 4 is 0 Å². The highest BCUT2D eigenvalue weighted by Crippen LogP contribution is 2.29. The first-order chi connectivity index (χ1) is 9.49. The van der Waals surface area contributed by atoms with Gasteiger partial charge in [0.25, 0.3) is 0 Å². The van der Waals surface area contributed by atoms with Crippen molar-refractivity contribution in [3.8, 4) is 0 Å². The maximum atomic E-state index is 3.95. The van der Waals surface area contributed by atoms with E-state index in [0.29, 0.717) is 0 Å². The highest BCUT2D eigenvalue weighted by Gasteiger charge is 2.13. The fraction of sp³-hybridized carbons (Fsp3) is 0.600. The molecule has 0 aromatic carbocycles. The van der Waals surface area contributed by atoms with Crippen LogP contribution >= 0.6 is 0 Å². The Morgan fingerprint density at radius 3 is 2.50 bits per heavy atom. The van der Waals surface area contributed by atoms with E-state index in [-0.39, 0.29) is 0 Å². The molecule has 0 spiro atoms. The number of allylic oxidation sites excluding steroid dienone is 7. The quantitative estimate of drug-likeness (QED) is 0.449. The summed E-state index contributed by atoms with van der Waals surface area (Å²) in [5.74, 6) is 0.798. The van der Waals surface area contributed by atoms with Gasteiger partial charge in [0.2, 0.25) is 0 Å². The minimum atomic E-state index is 0.798. The van der Waals surface area contributed by atoms with Crippen LogP contribution in [0.25, 0.3) is 0 Å². The van der Waals surface area contributed by atoms with Crippen LogP contribution in [0.15, 0.2) is 47.1 Å². The zero-order chi connectivity index (χ0) is 15.0. The van der Waals surface area contributed by atoms with Crippen LogP contribution in [0.3, 0.4) is 0 Å². The van der Waals surface area contributed by atoms with Crippen LogP contribution in [0.5, 0.6) is 0 Å². The van der Waals surface area contributed by atoms with Gasteiger partial charge in [-0.15, -0.1) is 6.58 Å². The van der Waals surface area contributed by atoms with Crippen LogP contribution in [0.1, 0.15) is 72.6 Å². The molecule has 0 aromatic rings. The average molecular weight is 272 g/mol. The van der Waals surface area contributed by atoms with Crippen molar-refractivity contribution in [3.05, 3.63) is 47.1 Å². The van der Waals surface area contributed by atoms with Crippen molar-refractivity contribution < 1.29 is 0 Å². The van der Waals surface area contributed by atoms with Gasteiger partial charge in [-0.05, 0) is 78.6 Å². The lowest BCUT2D eigenvalue weighted by atomic mass is 9.85. The molecule has 0 bridgehead atoms. The van der Waals surface area contributed by atoms with E-state index in [4.69, 9.17) is 0 Å². The minimum absolute atomic E-state index is 0.798. The summed E-state index contributed by atoms with van der Waals surface area (Å²) in [5, 5.41) is 0. The van der Waals surface area contributed by atoms with Crippen LogP contribution in [0.4, 0.5) is 0 Å². The van der Waals surface area contributed by atoms with E-state index >= 15 is 0 Å². The van der Waals surface area contributed by atoms with Gasteiger partial charge in [-0.3, -0.25) is 0 Å². The molecule has 1 aliphatic rings. The van der Waals surface area contributed by atoms with Crippen LogP contribution in [0, 0.1) is 5.92 Å². The zero-order valence-corrected chi connectivity index (χ0v) is 14.0. The Morgan fingerprint density at radius 1 is 1.20 bits per heavy atom. The van der Waals surface area contributed by atoms with Crippen molar-refractivity contribution in [1.82, 2.24) is 0 Å². The number of hydrogen-bond acceptors (Lipinski definition) is 0. The Kier molecular flexibility index (Phi) is 7.65. The van der Waals surface area contributed by atoms with E-state index in [1.807, 2.05) is 0 Å². The van der Waals surface area contributed by atoms with Crippen LogP contribution in [-0.4, -0.2) is 0 Å². The van der Waals surface area contributed by atoms with Gasteiger partial charge in [0.05, 0.1) is 0 Å². The summed E-state index contributed by atoms with van der Waals surface area (Å²) in [7, 11) is 0. The van der Waals surface area contributed by atoms with Crippen molar-refractivity contribution in [2.24, 2.45) is 5.92 Å². The lowest BCUT2D eigenvalue weighted by Crippen LogP contribution is -2.06. The van der Waals surface area contributed by atoms with Gasteiger partial charge >= 0.3 is 0 Å². The molecule has 0 N–H and O–H groups in total. The highest BCUT2D eigenvalue weighted by atomic mass is 14.2. The largest absolute Gasteiger partial charge is 0.100 e. The van der Waals surface area contributed by atoms with E-state index in [1.165, 1.54) is 43.3 Å². The molecule has 0 radical (unpaired) electrons. The predicted molar refractivity (Wildman–Crippen MR) is 91.9 cm³/mol. The molecule has 1 atom stereocenters. The van der Waals surface area contributed by atoms with Gasteiger partial charge in [-0.1, -0.05) is 40.5 Å². The Bertz CT molecular complexity index is 404. The topological polar surface area (TPSA) is 0 Å². The first-order valence-corrected chi connectivity index (χ1v) is 8.11. The van der Waals surface area contributed by atoms with Crippen molar-refractivity contribution in [2.45, 2.75) is 72.6 Å². The predicted octanol–water partition coefficient (Wildman–Crippen LogP) is 6.76. The molecule has 0 fully saturated rings. The summed E-state index contributed by atoms with van der Waals surface area (Å²) in [6, 6.07) is 0. The van der Waals surface area contributed by atoms with Crippen molar-refractivity contribution in [3.63, 3.8) is 0 Å². The first-order valence-electron chi connectivity index (χ1n) is 8.11. The molecule has 0 unspecified atom stereocenters. The van der Waals surface area contributed by atoms with Gasteiger partial charge in [-0.2, -0.15) is 0 Å². The number of hydrogen-bond donors (Lipinski definition) is 0. The van der Waals surface area contributed by atoms with Crippen molar-refractivity contribution in [1.29, 1.82) is 0 Å². The first kappa shape index (κ1) is 17.0. The Hall–Kier alpha value is -1.04. The summed E-state index contributed by atoms with van der Waals surface area (Å²) in [6.07, 6.45) is 15.8. The third-order valence-electron chi connectivity index (χ3n) is 4.35. The maximum absolute atomic E-state index is 3.95. The SMILES string of the molecule is C=C(C)CC/C=C(\C)CC/C=C(\C)[C@H]1CC=C(C)CC1. The fourth-order valence-electron chi connectivity index (χ4n) is 2.74. The van der Waals surface area contributed by atoms with E-state index in [1.54, 1.807) is 11.1 Å². The molecule has 0 aliphatic heterocycles. The fourth-order valence-corrected chi connectivity index (χ4v) is 2.74. The van der Waals surface area contributed by atoms with Gasteiger partial charge < -0.3 is 0 Å². The molecular formula is C20H32. The second-order valence-corrected chi connectivity index (χ2v) is 6.55. The summed E-state index contributed by atoms with van der Waals surface area (Å²) in [6.45, 7) is 12.9. The smallest absolute Gasteiger partial charge is 0.0168 e. The molecule has 20 heavy (non-hydrogen) atoms. The molecule has 1 aliphatic carbocycles. The van der Waals surface area contributed by atoms with Gasteiger partial charge in [0.1, 0.15) is 0 Å². The molecule has 0 saturated heterocycles. The summed E-state index contributed by atoms with van der Waals surface area (Å²) < 4.78 is 0. The van der Waals surface area contributed by atoms with E-state index < -0.39 is 0 Å². The molecule has 0 amide bonds. The Labute approximate surface area is 126 Å². The molecule has 0 heterocycles. The second-order valence-electron chi connectivity index (χ2n) is 6.55. The average Bonchev–Trinajstić information content (AvgIpc) is 2.39. The second kappa shape index (κ2) is 9.00. The summed E-state index contributed by atoms with van der Waals surface area (Å²) in [4.78, 5) is 0. The number of rotatable bonds is 7. The lowest BCUT2D eigenvalue weighted by molar-refractivity contribution is 0.536. The molecule has 0 heteroatoms. The Morgan fingerprint density at radius 2 is 1.90 bits per heavy atom. The van der Waals surface area contributed by atoms with E-state index in [9.17, 15) is 0 Å². The third kappa shape index (κ3) is 6.93. The minimum Gasteiger partial charge on any atom is -0.100 e. The standard InChI is InChI=1S/C20H32/c1-16(2)8-6-9-17(3)10-7-11-19(5)20-14-12-18(4)13-15-20/h9,11-12,20H,1,6-8,10,13-15H2,2-5H3/b17-9+,19-11+/t20-/m0/s1. The lowest BCUT2D eigenvalue weighted by Gasteiger charge is -2.21. The van der Waals surface area contributed by atoms with Crippen molar-refractivity contribution in [2.75, 3.05) is 0 Å². The molecule has 0 saturated carbocycles. The molecular weight excluding hydrogens is 240 g/mol. The Balaban J connectivity index is 2.31. The maximum Gasteiger partial charge on any atom is -0.0168 e. The monoisotopic (exact) mass is 272 g/mol. The molecule has 0 nitrogen and oxygen atoms in total. The zero-order valence-electron chi connectivity index (χ0n) is 14.0. The molecule has 112 valence electrons. The van der Waals surface area contributed by atoms with E-state index in [2.05, 4.69) is 52.5 Å².